The van der Waals surface area contributed by atoms with E-state index in [1.807, 2.05) is 104 Å². The number of nitriles is 2. The van der Waals surface area contributed by atoms with Gasteiger partial charge in [-0.15, -0.1) is 0 Å². The van der Waals surface area contributed by atoms with Gasteiger partial charge in [0.15, 0.2) is 0 Å². The Kier molecular flexibility index (Phi) is 32.7. The summed E-state index contributed by atoms with van der Waals surface area (Å²) in [6.45, 7) is 18.9. The van der Waals surface area contributed by atoms with Crippen molar-refractivity contribution >= 4 is 116 Å². The number of rotatable bonds is 0. The molecule has 32 heteroatoms. The van der Waals surface area contributed by atoms with Crippen LogP contribution in [0.25, 0.3) is 87.2 Å². The third-order valence-corrected chi connectivity index (χ3v) is 11.2. The van der Waals surface area contributed by atoms with Gasteiger partial charge in [0.1, 0.15) is 0 Å². The van der Waals surface area contributed by atoms with Crippen molar-refractivity contribution in [3.63, 3.8) is 0 Å². The van der Waals surface area contributed by atoms with Gasteiger partial charge in [0.2, 0.25) is 0 Å². The number of fused-ring (bicyclic) bond motifs is 12. The van der Waals surface area contributed by atoms with Gasteiger partial charge < -0.3 is 69.1 Å². The number of pyridine rings is 8. The fraction of sp³-hybridized carbons (Fsp3) is 0.167. The molecule has 0 amide bonds. The molecule has 0 spiro atoms. The Morgan fingerprint density at radius 1 is 0.217 bits per heavy atom. The Balaban J connectivity index is 0.000000541. The van der Waals surface area contributed by atoms with Crippen molar-refractivity contribution in [3.05, 3.63) is 191 Å². The number of halogens is 16. The smallest absolute Gasteiger partial charge is 0.418 e. The molecule has 490 valence electrons. The van der Waals surface area contributed by atoms with E-state index in [1.54, 1.807) is 12.1 Å². The molecule has 12 rings (SSSR count). The molecule has 8 aromatic heterocycles. The molecule has 0 bridgehead atoms. The van der Waals surface area contributed by atoms with Crippen molar-refractivity contribution in [3.8, 4) is 12.1 Å². The van der Waals surface area contributed by atoms with Crippen LogP contribution in [0.2, 0.25) is 0 Å². The maximum Gasteiger partial charge on any atom is 2.00 e. The Bertz CT molecular complexity index is 3640. The molecule has 0 aliphatic heterocycles. The number of benzene rings is 4. The van der Waals surface area contributed by atoms with Crippen molar-refractivity contribution < 1.29 is 103 Å². The zero-order valence-electron chi connectivity index (χ0n) is 50.3. The normalized spacial score (nSPS) is 10.5. The number of aromatic nitrogens is 8. The molecule has 10 nitrogen and oxygen atoms in total. The van der Waals surface area contributed by atoms with Gasteiger partial charge in [0, 0.05) is 102 Å². The molecule has 0 saturated carbocycles. The van der Waals surface area contributed by atoms with Gasteiger partial charge >= 0.3 is 63.2 Å². The molecule has 0 aliphatic rings. The molecule has 0 fully saturated rings. The van der Waals surface area contributed by atoms with E-state index in [2.05, 4.69) is 137 Å². The minimum Gasteiger partial charge on any atom is -0.418 e. The molecule has 92 heavy (non-hydrogen) atoms. The van der Waals surface area contributed by atoms with Crippen LogP contribution in [-0.4, -0.2) is 68.9 Å². The van der Waals surface area contributed by atoms with Crippen LogP contribution in [0.1, 0.15) is 59.4 Å². The summed E-state index contributed by atoms with van der Waals surface area (Å²) in [4.78, 5) is 36.7. The summed E-state index contributed by atoms with van der Waals surface area (Å²) < 4.78 is 156. The number of hydrogen-bond acceptors (Lipinski definition) is 10. The summed E-state index contributed by atoms with van der Waals surface area (Å²) in [7, 11) is -24.0. The second-order valence-electron chi connectivity index (χ2n) is 18.9. The second-order valence-corrected chi connectivity index (χ2v) is 18.9. The number of nitrogens with zero attached hydrogens (tertiary/aromatic N) is 10. The molecule has 0 N–H and O–H groups in total. The Morgan fingerprint density at radius 2 is 0.283 bits per heavy atom. The molecule has 4 aromatic carbocycles. The van der Waals surface area contributed by atoms with Crippen molar-refractivity contribution in [2.45, 2.75) is 69.2 Å². The van der Waals surface area contributed by atoms with E-state index in [0.717, 1.165) is 133 Å². The standard InChI is InChI=1S/4C14H12N2.2C2H3N.4BF4.2Cu/c4*1-9-3-5-11-7-8-12-6-4-10(2)16-14(12)13(11)15-9;2*1-2-3;4*2-1(3,4)5;;/h4*3-8H,1-2H3;2*1H3;;;;;;/q;;;;;;4*-1;2*+2. The Hall–Kier alpha value is -8.68. The van der Waals surface area contributed by atoms with Gasteiger partial charge in [0.05, 0.1) is 56.3 Å². The first-order chi connectivity index (χ1) is 41.8. The van der Waals surface area contributed by atoms with Crippen LogP contribution in [0.15, 0.2) is 146 Å². The first-order valence-electron chi connectivity index (χ1n) is 26.4. The largest absolute Gasteiger partial charge is 2.00 e. The zero-order valence-corrected chi connectivity index (χ0v) is 52.2. The van der Waals surface area contributed by atoms with E-state index >= 15 is 0 Å². The van der Waals surface area contributed by atoms with Gasteiger partial charge in [0.25, 0.3) is 0 Å². The van der Waals surface area contributed by atoms with Crippen molar-refractivity contribution in [2.24, 2.45) is 0 Å². The predicted molar refractivity (Wildman–Crippen MR) is 329 cm³/mol. The van der Waals surface area contributed by atoms with Gasteiger partial charge in [-0.05, 0) is 104 Å². The predicted octanol–water partition coefficient (Wildman–Crippen LogP) is 19.9. The number of hydrogen-bond donors (Lipinski definition) is 0. The van der Waals surface area contributed by atoms with Gasteiger partial charge in [-0.1, -0.05) is 97.1 Å². The third kappa shape index (κ3) is 30.4. The molecule has 0 saturated heterocycles. The van der Waals surface area contributed by atoms with Crippen LogP contribution in [0.5, 0.6) is 0 Å². The first kappa shape index (κ1) is 81.3. The molecule has 0 aliphatic carbocycles. The van der Waals surface area contributed by atoms with Crippen LogP contribution in [0, 0.1) is 78.1 Å². The quantitative estimate of drug-likeness (QED) is 0.0815. The summed E-state index contributed by atoms with van der Waals surface area (Å²) in [6.07, 6.45) is 0. The van der Waals surface area contributed by atoms with Crippen LogP contribution in [0.3, 0.4) is 0 Å². The van der Waals surface area contributed by atoms with E-state index in [-0.39, 0.29) is 34.1 Å². The second kappa shape index (κ2) is 37.0. The maximum atomic E-state index is 9.75. The molecule has 0 unspecified atom stereocenters. The van der Waals surface area contributed by atoms with Crippen LogP contribution < -0.4 is 0 Å². The van der Waals surface area contributed by atoms with Gasteiger partial charge in [-0.3, -0.25) is 39.9 Å². The number of aryl methyl sites for hydroxylation is 8. The fourth-order valence-corrected chi connectivity index (χ4v) is 7.85. The SMILES string of the molecule is CC#N.CC#N.Cc1ccc2ccc3ccc(C)nc3c2n1.Cc1ccc2ccc3ccc(C)nc3c2n1.Cc1ccc2ccc3ccc(C)nc3c2n1.Cc1ccc2ccc3ccc(C)nc3c2n1.F[B-](F)(F)F.F[B-](F)(F)F.F[B-](F)(F)F.F[B-](F)(F)F.[Cu+2].[Cu+2]. The summed E-state index contributed by atoms with van der Waals surface area (Å²) in [5.41, 5.74) is 16.3. The van der Waals surface area contributed by atoms with E-state index < -0.39 is 29.0 Å². The van der Waals surface area contributed by atoms with Crippen molar-refractivity contribution in [2.75, 3.05) is 0 Å². The molecular formula is C60H54B4Cu2F16N10. The average Bonchev–Trinajstić information content (AvgIpc) is 0.839. The van der Waals surface area contributed by atoms with Gasteiger partial charge in [-0.25, -0.2) is 0 Å². The molecule has 0 atom stereocenters. The minimum atomic E-state index is -6.00. The monoisotopic (exact) mass is 1390 g/mol. The molecular weight excluding hydrogens is 1340 g/mol. The average molecular weight is 1390 g/mol. The van der Waals surface area contributed by atoms with E-state index in [0.29, 0.717) is 0 Å². The third-order valence-electron chi connectivity index (χ3n) is 11.2. The Morgan fingerprint density at radius 3 is 0.359 bits per heavy atom. The Labute approximate surface area is 539 Å². The van der Waals surface area contributed by atoms with Gasteiger partial charge in [-0.2, -0.15) is 10.5 Å². The zero-order chi connectivity index (χ0) is 67.9. The first-order valence-corrected chi connectivity index (χ1v) is 26.4. The van der Waals surface area contributed by atoms with Crippen molar-refractivity contribution in [1.29, 1.82) is 10.5 Å². The van der Waals surface area contributed by atoms with Crippen LogP contribution in [-0.2, 0) is 34.1 Å². The summed E-state index contributed by atoms with van der Waals surface area (Å²) in [5.74, 6) is 0. The van der Waals surface area contributed by atoms with Crippen LogP contribution in [0.4, 0.5) is 69.1 Å². The van der Waals surface area contributed by atoms with E-state index in [9.17, 15) is 69.1 Å². The van der Waals surface area contributed by atoms with E-state index in [1.165, 1.54) is 13.8 Å². The minimum absolute atomic E-state index is 0. The fourth-order valence-electron chi connectivity index (χ4n) is 7.85. The molecule has 8 heterocycles. The summed E-state index contributed by atoms with van der Waals surface area (Å²) >= 11 is 0. The maximum absolute atomic E-state index is 9.75. The summed E-state index contributed by atoms with van der Waals surface area (Å²) in [5, 5.41) is 23.8. The van der Waals surface area contributed by atoms with Crippen molar-refractivity contribution in [1.82, 2.24) is 39.9 Å². The summed E-state index contributed by atoms with van der Waals surface area (Å²) in [6, 6.07) is 53.3. The molecule has 2 radical (unpaired) electrons. The topological polar surface area (TPSA) is 151 Å². The van der Waals surface area contributed by atoms with Crippen LogP contribution >= 0.6 is 0 Å². The molecule has 12 aromatic rings. The van der Waals surface area contributed by atoms with E-state index in [4.69, 9.17) is 10.5 Å².